The topological polar surface area (TPSA) is 136 Å². The van der Waals surface area contributed by atoms with Gasteiger partial charge in [-0.05, 0) is 18.6 Å². The third-order valence-electron chi connectivity index (χ3n) is 2.50. The molecule has 4 N–H and O–H groups in total. The number of rotatable bonds is 5. The van der Waals surface area contributed by atoms with Crippen molar-refractivity contribution in [2.45, 2.75) is 19.1 Å². The fourth-order valence-electron chi connectivity index (χ4n) is 1.49. The molecule has 1 unspecified atom stereocenters. The lowest BCUT2D eigenvalue weighted by Gasteiger charge is -2.16. The van der Waals surface area contributed by atoms with Gasteiger partial charge in [0.25, 0.3) is 0 Å². The van der Waals surface area contributed by atoms with Gasteiger partial charge in [0.1, 0.15) is 0 Å². The fourth-order valence-corrected chi connectivity index (χ4v) is 1.49. The Labute approximate surface area is 124 Å². The zero-order chi connectivity index (χ0) is 15.4. The Balaban J connectivity index is 0.00000400. The molecule has 8 nitrogen and oxygen atoms in total. The van der Waals surface area contributed by atoms with Crippen LogP contribution in [0.5, 0.6) is 11.5 Å². The number of hydrogen-bond donors (Lipinski definition) is 3. The molecule has 0 aliphatic heterocycles. The molecular formula is C11H14ClFN2O6. The molecule has 0 radical (unpaired) electrons. The van der Waals surface area contributed by atoms with Crippen LogP contribution in [0.3, 0.4) is 0 Å². The predicted molar refractivity (Wildman–Crippen MR) is 72.1 cm³/mol. The first-order valence-corrected chi connectivity index (χ1v) is 5.56. The first kappa shape index (κ1) is 18.9. The van der Waals surface area contributed by atoms with E-state index in [4.69, 9.17) is 5.73 Å². The molecule has 21 heavy (non-hydrogen) atoms. The van der Waals surface area contributed by atoms with Crippen LogP contribution in [0, 0.1) is 10.1 Å². The summed E-state index contributed by atoms with van der Waals surface area (Å²) in [6, 6.07) is 0.0592. The number of phenols is 2. The molecule has 0 saturated carbocycles. The number of benzene rings is 1. The van der Waals surface area contributed by atoms with Gasteiger partial charge in [0, 0.05) is 6.07 Å². The summed E-state index contributed by atoms with van der Waals surface area (Å²) in [6.45, 7) is 1.43. The van der Waals surface area contributed by atoms with Crippen LogP contribution in [0.25, 0.3) is 0 Å². The van der Waals surface area contributed by atoms with Gasteiger partial charge in [0.05, 0.1) is 17.6 Å². The minimum absolute atomic E-state index is 0. The molecule has 0 aliphatic carbocycles. The van der Waals surface area contributed by atoms with Gasteiger partial charge in [-0.2, -0.15) is 0 Å². The Morgan fingerprint density at radius 2 is 2.10 bits per heavy atom. The Hall–Kier alpha value is -2.13. The van der Waals surface area contributed by atoms with Crippen molar-refractivity contribution >= 4 is 24.1 Å². The fraction of sp³-hybridized carbons (Fsp3) is 0.364. The van der Waals surface area contributed by atoms with Gasteiger partial charge in [-0.25, -0.2) is 9.18 Å². The number of halogens is 2. The monoisotopic (exact) mass is 324 g/mol. The summed E-state index contributed by atoms with van der Waals surface area (Å²) >= 11 is 0. The van der Waals surface area contributed by atoms with Crippen LogP contribution >= 0.6 is 12.4 Å². The van der Waals surface area contributed by atoms with Crippen molar-refractivity contribution < 1.29 is 29.1 Å². The lowest BCUT2D eigenvalue weighted by molar-refractivity contribution is -0.386. The van der Waals surface area contributed by atoms with Gasteiger partial charge in [-0.3, -0.25) is 10.1 Å². The quantitative estimate of drug-likeness (QED) is 0.321. The highest BCUT2D eigenvalue weighted by Gasteiger charge is 2.30. The Morgan fingerprint density at radius 1 is 1.52 bits per heavy atom. The van der Waals surface area contributed by atoms with Gasteiger partial charge in [-0.15, -0.1) is 12.4 Å². The standard InChI is InChI=1S/C11H13FN2O6.ClH/c1-2-20-11(17)8(12)9(13)5-3-6(14(18)19)10(16)7(15)4-5;/h3-4,8-9,15-16H,2,13H2,1H3;1H/t8?,9-;/m1./s1. The number of hydrogen-bond acceptors (Lipinski definition) is 7. The van der Waals surface area contributed by atoms with Crippen molar-refractivity contribution in [1.29, 1.82) is 0 Å². The molecule has 0 heterocycles. The van der Waals surface area contributed by atoms with Crippen LogP contribution in [-0.4, -0.2) is 33.9 Å². The Bertz CT molecular complexity index is 542. The van der Waals surface area contributed by atoms with Crippen molar-refractivity contribution in [1.82, 2.24) is 0 Å². The maximum Gasteiger partial charge on any atom is 0.342 e. The van der Waals surface area contributed by atoms with E-state index in [1.54, 1.807) is 0 Å². The van der Waals surface area contributed by atoms with Gasteiger partial charge in [0.2, 0.25) is 11.9 Å². The van der Waals surface area contributed by atoms with Crippen molar-refractivity contribution in [3.63, 3.8) is 0 Å². The molecule has 2 atom stereocenters. The van der Waals surface area contributed by atoms with Gasteiger partial charge < -0.3 is 20.7 Å². The normalized spacial score (nSPS) is 12.9. The summed E-state index contributed by atoms with van der Waals surface area (Å²) in [5, 5.41) is 29.3. The number of nitro groups is 1. The molecule has 118 valence electrons. The van der Waals surface area contributed by atoms with E-state index < -0.39 is 40.3 Å². The summed E-state index contributed by atoms with van der Waals surface area (Å²) in [6.07, 6.45) is -2.25. The summed E-state index contributed by atoms with van der Waals surface area (Å²) in [4.78, 5) is 20.9. The van der Waals surface area contributed by atoms with Gasteiger partial charge in [0.15, 0.2) is 5.75 Å². The van der Waals surface area contributed by atoms with Crippen LogP contribution in [-0.2, 0) is 9.53 Å². The van der Waals surface area contributed by atoms with E-state index in [1.807, 2.05) is 0 Å². The summed E-state index contributed by atoms with van der Waals surface area (Å²) in [7, 11) is 0. The largest absolute Gasteiger partial charge is 0.504 e. The maximum atomic E-state index is 13.7. The minimum atomic E-state index is -2.25. The number of esters is 1. The smallest absolute Gasteiger partial charge is 0.342 e. The highest BCUT2D eigenvalue weighted by molar-refractivity contribution is 5.85. The third-order valence-corrected chi connectivity index (χ3v) is 2.50. The van der Waals surface area contributed by atoms with Crippen molar-refractivity contribution in [2.24, 2.45) is 5.73 Å². The van der Waals surface area contributed by atoms with E-state index in [1.165, 1.54) is 6.92 Å². The summed E-state index contributed by atoms with van der Waals surface area (Å²) in [5.74, 6) is -3.01. The molecule has 0 aromatic heterocycles. The average Bonchev–Trinajstić information content (AvgIpc) is 2.39. The van der Waals surface area contributed by atoms with Gasteiger partial charge >= 0.3 is 11.7 Å². The number of carbonyl (C=O) groups excluding carboxylic acids is 1. The zero-order valence-corrected chi connectivity index (χ0v) is 11.7. The number of ether oxygens (including phenoxy) is 1. The van der Waals surface area contributed by atoms with E-state index in [9.17, 15) is 29.5 Å². The summed E-state index contributed by atoms with van der Waals surface area (Å²) in [5.41, 5.74) is 4.41. The average molecular weight is 325 g/mol. The minimum Gasteiger partial charge on any atom is -0.504 e. The second kappa shape index (κ2) is 7.60. The molecule has 0 saturated heterocycles. The lowest BCUT2D eigenvalue weighted by Crippen LogP contribution is -2.31. The highest BCUT2D eigenvalue weighted by atomic mass is 35.5. The van der Waals surface area contributed by atoms with Crippen LogP contribution in [0.1, 0.15) is 18.5 Å². The molecule has 1 aromatic carbocycles. The Kier molecular flexibility index (Phi) is 6.83. The molecule has 1 aromatic rings. The molecule has 0 aliphatic rings. The molecular weight excluding hydrogens is 311 g/mol. The Morgan fingerprint density at radius 3 is 2.57 bits per heavy atom. The lowest BCUT2D eigenvalue weighted by atomic mass is 10.0. The maximum absolute atomic E-state index is 13.7. The number of alkyl halides is 1. The molecule has 0 bridgehead atoms. The number of nitro benzene ring substituents is 1. The van der Waals surface area contributed by atoms with Crippen molar-refractivity contribution in [3.05, 3.63) is 27.8 Å². The van der Waals surface area contributed by atoms with E-state index in [0.29, 0.717) is 0 Å². The molecule has 0 amide bonds. The molecule has 10 heteroatoms. The summed E-state index contributed by atoms with van der Waals surface area (Å²) < 4.78 is 18.2. The van der Waals surface area contributed by atoms with E-state index in [2.05, 4.69) is 4.74 Å². The molecule has 1 rings (SSSR count). The number of aromatic hydroxyl groups is 2. The predicted octanol–water partition coefficient (Wildman–Crippen LogP) is 1.33. The number of carbonyl (C=O) groups is 1. The zero-order valence-electron chi connectivity index (χ0n) is 10.9. The first-order valence-electron chi connectivity index (χ1n) is 5.56. The SMILES string of the molecule is CCOC(=O)C(F)[C@H](N)c1cc(O)c(O)c([N+](=O)[O-])c1.Cl. The second-order valence-corrected chi connectivity index (χ2v) is 3.84. The highest BCUT2D eigenvalue weighted by Crippen LogP contribution is 2.38. The van der Waals surface area contributed by atoms with Crippen molar-refractivity contribution in [3.8, 4) is 11.5 Å². The van der Waals surface area contributed by atoms with Crippen LogP contribution in [0.15, 0.2) is 12.1 Å². The van der Waals surface area contributed by atoms with E-state index >= 15 is 0 Å². The second-order valence-electron chi connectivity index (χ2n) is 3.84. The van der Waals surface area contributed by atoms with Crippen LogP contribution in [0.4, 0.5) is 10.1 Å². The molecule has 0 spiro atoms. The number of nitrogens with two attached hydrogens (primary N) is 1. The van der Waals surface area contributed by atoms with E-state index in [-0.39, 0.29) is 24.6 Å². The third kappa shape index (κ3) is 4.17. The number of phenolic OH excluding ortho intramolecular Hbond substituents is 2. The van der Waals surface area contributed by atoms with Crippen LogP contribution in [0.2, 0.25) is 0 Å². The number of nitrogens with zero attached hydrogens (tertiary/aromatic N) is 1. The molecule has 0 fully saturated rings. The van der Waals surface area contributed by atoms with Crippen LogP contribution < -0.4 is 5.73 Å². The first-order chi connectivity index (χ1) is 9.29. The van der Waals surface area contributed by atoms with Crippen molar-refractivity contribution in [2.75, 3.05) is 6.61 Å². The van der Waals surface area contributed by atoms with Gasteiger partial charge in [-0.1, -0.05) is 0 Å². The van der Waals surface area contributed by atoms with E-state index in [0.717, 1.165) is 12.1 Å².